The first-order valence-corrected chi connectivity index (χ1v) is 5.67. The van der Waals surface area contributed by atoms with E-state index in [0.29, 0.717) is 37.0 Å². The molecule has 1 aromatic rings. The zero-order valence-corrected chi connectivity index (χ0v) is 11.0. The third-order valence-electron chi connectivity index (χ3n) is 2.42. The van der Waals surface area contributed by atoms with Gasteiger partial charge < -0.3 is 19.9 Å². The molecule has 0 aliphatic carbocycles. The van der Waals surface area contributed by atoms with E-state index in [9.17, 15) is 0 Å². The molecule has 1 rings (SSSR count). The third-order valence-corrected chi connectivity index (χ3v) is 2.42. The van der Waals surface area contributed by atoms with Crippen molar-refractivity contribution in [2.75, 3.05) is 33.2 Å². The molecule has 0 spiro atoms. The van der Waals surface area contributed by atoms with E-state index in [1.807, 2.05) is 6.92 Å². The van der Waals surface area contributed by atoms with Crippen molar-refractivity contribution in [1.82, 2.24) is 4.57 Å². The number of anilines is 1. The van der Waals surface area contributed by atoms with Crippen molar-refractivity contribution in [1.29, 1.82) is 5.26 Å². The smallest absolute Gasteiger partial charge is 0.218 e. The quantitative estimate of drug-likeness (QED) is 0.784. The number of nitrogen functional groups attached to an aromatic ring is 1. The van der Waals surface area contributed by atoms with Crippen LogP contribution >= 0.6 is 0 Å². The largest absolute Gasteiger partial charge is 0.472 e. The number of ether oxygens (including phenoxy) is 3. The van der Waals surface area contributed by atoms with E-state index >= 15 is 0 Å². The van der Waals surface area contributed by atoms with Crippen molar-refractivity contribution in [3.8, 4) is 11.9 Å². The van der Waals surface area contributed by atoms with E-state index in [1.165, 1.54) is 0 Å². The molecule has 6 heteroatoms. The molecule has 100 valence electrons. The lowest BCUT2D eigenvalue weighted by Gasteiger charge is -2.17. The van der Waals surface area contributed by atoms with E-state index < -0.39 is 0 Å². The molecule has 0 saturated heterocycles. The molecule has 1 aromatic heterocycles. The van der Waals surface area contributed by atoms with Crippen LogP contribution in [0.4, 0.5) is 5.69 Å². The second kappa shape index (κ2) is 6.89. The first kappa shape index (κ1) is 14.4. The van der Waals surface area contributed by atoms with Gasteiger partial charge >= 0.3 is 0 Å². The van der Waals surface area contributed by atoms with E-state index in [0.717, 1.165) is 0 Å². The van der Waals surface area contributed by atoms with Gasteiger partial charge in [0.15, 0.2) is 0 Å². The maximum Gasteiger partial charge on any atom is 0.218 e. The number of aromatic nitrogens is 1. The van der Waals surface area contributed by atoms with Gasteiger partial charge in [0.25, 0.3) is 0 Å². The number of hydrogen-bond donors (Lipinski definition) is 1. The van der Waals surface area contributed by atoms with Gasteiger partial charge in [-0.15, -0.1) is 0 Å². The van der Waals surface area contributed by atoms with Crippen LogP contribution in [0, 0.1) is 11.3 Å². The Hall–Kier alpha value is -1.71. The van der Waals surface area contributed by atoms with Crippen LogP contribution in [0.5, 0.6) is 5.88 Å². The summed E-state index contributed by atoms with van der Waals surface area (Å²) in [6.07, 6.45) is -0.139. The summed E-state index contributed by atoms with van der Waals surface area (Å²) < 4.78 is 17.4. The second-order valence-corrected chi connectivity index (χ2v) is 3.93. The van der Waals surface area contributed by atoms with Crippen LogP contribution in [0.2, 0.25) is 0 Å². The van der Waals surface area contributed by atoms with Crippen molar-refractivity contribution in [3.05, 3.63) is 11.8 Å². The van der Waals surface area contributed by atoms with Gasteiger partial charge in [0.1, 0.15) is 17.9 Å². The number of nitrogens with two attached hydrogens (primary N) is 1. The molecule has 0 unspecified atom stereocenters. The van der Waals surface area contributed by atoms with Crippen LogP contribution in [0.15, 0.2) is 6.07 Å². The summed E-state index contributed by atoms with van der Waals surface area (Å²) in [5.74, 6) is 0.494. The Kier molecular flexibility index (Phi) is 5.49. The number of rotatable bonds is 7. The van der Waals surface area contributed by atoms with Crippen LogP contribution in [-0.2, 0) is 16.0 Å². The first-order valence-electron chi connectivity index (χ1n) is 5.67. The van der Waals surface area contributed by atoms with Gasteiger partial charge in [-0.25, -0.2) is 0 Å². The average molecular weight is 253 g/mol. The van der Waals surface area contributed by atoms with Crippen LogP contribution < -0.4 is 10.5 Å². The molecule has 0 aliphatic rings. The minimum absolute atomic E-state index is 0.139. The average Bonchev–Trinajstić information content (AvgIpc) is 2.64. The van der Waals surface area contributed by atoms with Crippen LogP contribution in [0.3, 0.4) is 0 Å². The summed E-state index contributed by atoms with van der Waals surface area (Å²) in [7, 11) is 3.21. The van der Waals surface area contributed by atoms with Gasteiger partial charge in [0.05, 0.1) is 25.4 Å². The fourth-order valence-corrected chi connectivity index (χ4v) is 1.64. The number of methoxy groups -OCH3 is 2. The molecule has 1 heterocycles. The highest BCUT2D eigenvalue weighted by Crippen LogP contribution is 2.27. The Morgan fingerprint density at radius 1 is 1.44 bits per heavy atom. The summed E-state index contributed by atoms with van der Waals surface area (Å²) >= 11 is 0. The molecule has 0 fully saturated rings. The second-order valence-electron chi connectivity index (χ2n) is 3.93. The molecule has 1 atom stereocenters. The summed E-state index contributed by atoms with van der Waals surface area (Å²) in [5, 5.41) is 9.05. The Balaban J connectivity index is 2.93. The summed E-state index contributed by atoms with van der Waals surface area (Å²) in [5.41, 5.74) is 6.77. The maximum atomic E-state index is 9.05. The first-order chi connectivity index (χ1) is 8.63. The molecule has 0 radical (unpaired) electrons. The van der Waals surface area contributed by atoms with Gasteiger partial charge in [-0.3, -0.25) is 4.57 Å². The topological polar surface area (TPSA) is 82.4 Å². The number of hydrogen-bond acceptors (Lipinski definition) is 5. The molecule has 0 bridgehead atoms. The standard InChI is InChI=1S/C12H19N3O3/c1-9(8-17-3)18-12-11(14)6-10(7-13)15(12)4-5-16-2/h6,9H,4-5,8,14H2,1-3H3/t9-/m1/s1. The minimum atomic E-state index is -0.139. The normalized spacial score (nSPS) is 12.1. The fraction of sp³-hybridized carbons (Fsp3) is 0.583. The van der Waals surface area contributed by atoms with Gasteiger partial charge in [0.2, 0.25) is 5.88 Å². The lowest BCUT2D eigenvalue weighted by Crippen LogP contribution is -2.21. The monoisotopic (exact) mass is 253 g/mol. The Bertz CT molecular complexity index is 423. The van der Waals surface area contributed by atoms with Crippen LogP contribution in [0.25, 0.3) is 0 Å². The van der Waals surface area contributed by atoms with E-state index in [2.05, 4.69) is 6.07 Å². The van der Waals surface area contributed by atoms with E-state index in [1.54, 1.807) is 24.9 Å². The molecule has 0 amide bonds. The molecule has 0 aromatic carbocycles. The molecule has 6 nitrogen and oxygen atoms in total. The molecule has 18 heavy (non-hydrogen) atoms. The molecular weight excluding hydrogens is 234 g/mol. The predicted octanol–water partition coefficient (Wildman–Crippen LogP) is 1.00. The van der Waals surface area contributed by atoms with Gasteiger partial charge in [-0.2, -0.15) is 5.26 Å². The van der Waals surface area contributed by atoms with Gasteiger partial charge in [-0.05, 0) is 6.92 Å². The van der Waals surface area contributed by atoms with Gasteiger partial charge in [-0.1, -0.05) is 0 Å². The molecule has 0 aliphatic heterocycles. The summed E-state index contributed by atoms with van der Waals surface area (Å²) in [6, 6.07) is 3.69. The van der Waals surface area contributed by atoms with Crippen molar-refractivity contribution >= 4 is 5.69 Å². The number of nitriles is 1. The molecule has 0 saturated carbocycles. The fourth-order valence-electron chi connectivity index (χ4n) is 1.64. The van der Waals surface area contributed by atoms with Crippen molar-refractivity contribution < 1.29 is 14.2 Å². The number of nitrogens with zero attached hydrogens (tertiary/aromatic N) is 2. The Morgan fingerprint density at radius 3 is 2.72 bits per heavy atom. The molecule has 2 N–H and O–H groups in total. The lowest BCUT2D eigenvalue weighted by atomic mass is 10.4. The van der Waals surface area contributed by atoms with Crippen LogP contribution in [0.1, 0.15) is 12.6 Å². The highest BCUT2D eigenvalue weighted by Gasteiger charge is 2.16. The minimum Gasteiger partial charge on any atom is -0.472 e. The van der Waals surface area contributed by atoms with E-state index in [-0.39, 0.29) is 6.10 Å². The van der Waals surface area contributed by atoms with Crippen LogP contribution in [-0.4, -0.2) is 38.1 Å². The van der Waals surface area contributed by atoms with Crippen molar-refractivity contribution in [2.45, 2.75) is 19.6 Å². The third kappa shape index (κ3) is 3.39. The zero-order valence-electron chi connectivity index (χ0n) is 11.0. The predicted molar refractivity (Wildman–Crippen MR) is 67.4 cm³/mol. The van der Waals surface area contributed by atoms with E-state index in [4.69, 9.17) is 25.2 Å². The Labute approximate surface area is 107 Å². The maximum absolute atomic E-state index is 9.05. The SMILES string of the molecule is COCCn1c(C#N)cc(N)c1O[C@H](C)COC. The van der Waals surface area contributed by atoms with Gasteiger partial charge in [0, 0.05) is 20.3 Å². The van der Waals surface area contributed by atoms with Crippen molar-refractivity contribution in [3.63, 3.8) is 0 Å². The highest BCUT2D eigenvalue weighted by molar-refractivity contribution is 5.55. The summed E-state index contributed by atoms with van der Waals surface area (Å²) in [6.45, 7) is 3.34. The lowest BCUT2D eigenvalue weighted by molar-refractivity contribution is 0.0849. The molecular formula is C12H19N3O3. The highest BCUT2D eigenvalue weighted by atomic mass is 16.5. The Morgan fingerprint density at radius 2 is 2.17 bits per heavy atom. The van der Waals surface area contributed by atoms with Crippen molar-refractivity contribution in [2.24, 2.45) is 0 Å². The zero-order chi connectivity index (χ0) is 13.5. The summed E-state index contributed by atoms with van der Waals surface area (Å²) in [4.78, 5) is 0.